The first-order valence-electron chi connectivity index (χ1n) is 12.2. The van der Waals surface area contributed by atoms with Crippen LogP contribution in [0.5, 0.6) is 0 Å². The molecule has 0 aliphatic heterocycles. The van der Waals surface area contributed by atoms with E-state index < -0.39 is 32.8 Å². The van der Waals surface area contributed by atoms with Gasteiger partial charge in [-0.3, -0.25) is 4.21 Å². The van der Waals surface area contributed by atoms with Gasteiger partial charge in [0.05, 0.1) is 15.7 Å². The van der Waals surface area contributed by atoms with Crippen molar-refractivity contribution in [3.8, 4) is 11.1 Å². The van der Waals surface area contributed by atoms with E-state index in [0.29, 0.717) is 36.3 Å². The van der Waals surface area contributed by atoms with Crippen LogP contribution in [-0.2, 0) is 33.8 Å². The molecule has 38 heavy (non-hydrogen) atoms. The van der Waals surface area contributed by atoms with E-state index in [2.05, 4.69) is 10.3 Å². The number of carbonyl (C=O) groups excluding carboxylic acids is 1. The summed E-state index contributed by atoms with van der Waals surface area (Å²) in [5.41, 5.74) is 1.69. The van der Waals surface area contributed by atoms with Crippen LogP contribution in [0.15, 0.2) is 58.5 Å². The normalized spacial score (nSPS) is 12.2. The molecule has 3 N–H and O–H groups in total. The summed E-state index contributed by atoms with van der Waals surface area (Å²) in [5.74, 6) is -0.640. The third-order valence-corrected chi connectivity index (χ3v) is 8.01. The second-order valence-corrected chi connectivity index (χ2v) is 11.6. The number of rotatable bonds is 12. The molecule has 1 heterocycles. The predicted octanol–water partition coefficient (Wildman–Crippen LogP) is 3.77. The SMILES string of the molecule is CCCCc1nc(S(C)=O)c(C(=O)O)n1Cc1ccc(-c2ccccc2S(=O)(=O)NC(=O)NCCC)cc1. The molecule has 0 saturated heterocycles. The molecular weight excluding hydrogens is 528 g/mol. The van der Waals surface area contributed by atoms with Crippen molar-refractivity contribution in [1.82, 2.24) is 19.6 Å². The molecule has 0 fully saturated rings. The van der Waals surface area contributed by atoms with Crippen LogP contribution in [0.4, 0.5) is 4.79 Å². The molecule has 0 radical (unpaired) electrons. The molecule has 0 bridgehead atoms. The Bertz CT molecular complexity index is 1430. The molecule has 3 aromatic rings. The van der Waals surface area contributed by atoms with Gasteiger partial charge in [0.2, 0.25) is 0 Å². The van der Waals surface area contributed by atoms with Crippen LogP contribution in [0.2, 0.25) is 0 Å². The van der Waals surface area contributed by atoms with E-state index in [-0.39, 0.29) is 22.2 Å². The highest BCUT2D eigenvalue weighted by atomic mass is 32.2. The molecule has 12 heteroatoms. The monoisotopic (exact) mass is 560 g/mol. The summed E-state index contributed by atoms with van der Waals surface area (Å²) in [5, 5.41) is 12.4. The van der Waals surface area contributed by atoms with E-state index >= 15 is 0 Å². The number of hydrogen-bond donors (Lipinski definition) is 3. The van der Waals surface area contributed by atoms with Crippen LogP contribution < -0.4 is 10.0 Å². The number of carboxylic acid groups (broad SMARTS) is 1. The highest BCUT2D eigenvalue weighted by molar-refractivity contribution is 7.90. The molecule has 1 atom stereocenters. The van der Waals surface area contributed by atoms with Crippen LogP contribution in [0.25, 0.3) is 11.1 Å². The lowest BCUT2D eigenvalue weighted by molar-refractivity contribution is 0.0680. The number of carboxylic acids is 1. The predicted molar refractivity (Wildman–Crippen MR) is 145 cm³/mol. The molecule has 0 aliphatic rings. The number of carbonyl (C=O) groups is 2. The first kappa shape index (κ1) is 29.1. The molecule has 2 aromatic carbocycles. The lowest BCUT2D eigenvalue weighted by atomic mass is 10.0. The van der Waals surface area contributed by atoms with Gasteiger partial charge < -0.3 is 15.0 Å². The summed E-state index contributed by atoms with van der Waals surface area (Å²) in [6.07, 6.45) is 4.33. The van der Waals surface area contributed by atoms with E-state index in [4.69, 9.17) is 0 Å². The lowest BCUT2D eigenvalue weighted by Crippen LogP contribution is -2.39. The van der Waals surface area contributed by atoms with E-state index in [0.717, 1.165) is 18.4 Å². The number of benzene rings is 2. The maximum atomic E-state index is 12.9. The zero-order valence-electron chi connectivity index (χ0n) is 21.6. The Kier molecular flexibility index (Phi) is 9.81. The summed E-state index contributed by atoms with van der Waals surface area (Å²) in [7, 11) is -5.70. The van der Waals surface area contributed by atoms with Crippen molar-refractivity contribution in [2.75, 3.05) is 12.8 Å². The van der Waals surface area contributed by atoms with Gasteiger partial charge in [-0.25, -0.2) is 27.7 Å². The topological polar surface area (TPSA) is 147 Å². The van der Waals surface area contributed by atoms with Crippen molar-refractivity contribution < 1.29 is 27.3 Å². The van der Waals surface area contributed by atoms with Crippen molar-refractivity contribution >= 4 is 32.8 Å². The minimum Gasteiger partial charge on any atom is -0.476 e. The Morgan fingerprint density at radius 2 is 1.74 bits per heavy atom. The average Bonchev–Trinajstić information content (AvgIpc) is 3.25. The zero-order valence-corrected chi connectivity index (χ0v) is 23.2. The molecule has 0 saturated carbocycles. The first-order chi connectivity index (χ1) is 18.1. The zero-order chi connectivity index (χ0) is 27.9. The Labute approximate surface area is 225 Å². The van der Waals surface area contributed by atoms with Crippen LogP contribution in [-0.4, -0.2) is 52.1 Å². The maximum absolute atomic E-state index is 12.9. The number of aromatic nitrogens is 2. The number of aryl methyl sites for hydroxylation is 1. The summed E-state index contributed by atoms with van der Waals surface area (Å²) >= 11 is 0. The molecule has 0 spiro atoms. The molecular formula is C26H32N4O6S2. The largest absolute Gasteiger partial charge is 0.476 e. The van der Waals surface area contributed by atoms with Gasteiger partial charge in [0, 0.05) is 31.3 Å². The number of hydrogen-bond acceptors (Lipinski definition) is 6. The Hall–Kier alpha value is -3.51. The van der Waals surface area contributed by atoms with Gasteiger partial charge >= 0.3 is 12.0 Å². The lowest BCUT2D eigenvalue weighted by Gasteiger charge is -2.14. The fourth-order valence-electron chi connectivity index (χ4n) is 3.94. The fourth-order valence-corrected chi connectivity index (χ4v) is 5.80. The van der Waals surface area contributed by atoms with Crippen molar-refractivity contribution in [2.45, 2.75) is 56.0 Å². The highest BCUT2D eigenvalue weighted by Gasteiger charge is 2.25. The quantitative estimate of drug-likeness (QED) is 0.305. The second kappa shape index (κ2) is 12.8. The highest BCUT2D eigenvalue weighted by Crippen LogP contribution is 2.28. The van der Waals surface area contributed by atoms with Gasteiger partial charge in [0.25, 0.3) is 10.0 Å². The van der Waals surface area contributed by atoms with Crippen LogP contribution in [0, 0.1) is 0 Å². The minimum atomic E-state index is -4.13. The van der Waals surface area contributed by atoms with Gasteiger partial charge in [-0.15, -0.1) is 0 Å². The Balaban J connectivity index is 1.94. The van der Waals surface area contributed by atoms with Crippen molar-refractivity contribution in [1.29, 1.82) is 0 Å². The maximum Gasteiger partial charge on any atom is 0.355 e. The number of unbranched alkanes of at least 4 members (excludes halogenated alkanes) is 1. The number of sulfonamides is 1. The minimum absolute atomic E-state index is 0.0425. The molecule has 3 rings (SSSR count). The third-order valence-electron chi connectivity index (χ3n) is 5.79. The fraction of sp³-hybridized carbons (Fsp3) is 0.346. The first-order valence-corrected chi connectivity index (χ1v) is 15.3. The van der Waals surface area contributed by atoms with Gasteiger partial charge in [-0.05, 0) is 30.0 Å². The van der Waals surface area contributed by atoms with Gasteiger partial charge in [-0.1, -0.05) is 62.7 Å². The van der Waals surface area contributed by atoms with Gasteiger partial charge in [-0.2, -0.15) is 0 Å². The smallest absolute Gasteiger partial charge is 0.355 e. The van der Waals surface area contributed by atoms with E-state index in [9.17, 15) is 27.3 Å². The molecule has 0 aliphatic carbocycles. The average molecular weight is 561 g/mol. The van der Waals surface area contributed by atoms with Crippen molar-refractivity contribution in [2.24, 2.45) is 0 Å². The standard InChI is InChI=1S/C26H32N4O6S2/c1-4-6-11-22-28-24(37(3)34)23(25(31)32)30(22)17-18-12-14-19(15-13-18)20-9-7-8-10-21(20)38(35,36)29-26(33)27-16-5-2/h7-10,12-15H,4-6,11,16-17H2,1-3H3,(H,31,32)(H2,27,29,33). The molecule has 1 aromatic heterocycles. The third kappa shape index (κ3) is 6.87. The van der Waals surface area contributed by atoms with Crippen LogP contribution >= 0.6 is 0 Å². The van der Waals surface area contributed by atoms with Gasteiger partial charge in [0.1, 0.15) is 5.82 Å². The van der Waals surface area contributed by atoms with Crippen molar-refractivity contribution in [3.63, 3.8) is 0 Å². The summed E-state index contributed by atoms with van der Waals surface area (Å²) in [6.45, 7) is 4.43. The number of nitrogens with one attached hydrogen (secondary N) is 2. The number of aromatic carboxylic acids is 1. The Morgan fingerprint density at radius 1 is 1.05 bits per heavy atom. The van der Waals surface area contributed by atoms with Gasteiger partial charge in [0.15, 0.2) is 10.7 Å². The van der Waals surface area contributed by atoms with Crippen LogP contribution in [0.3, 0.4) is 0 Å². The molecule has 10 nitrogen and oxygen atoms in total. The molecule has 1 unspecified atom stereocenters. The van der Waals surface area contributed by atoms with Crippen molar-refractivity contribution in [3.05, 3.63) is 65.6 Å². The number of amides is 2. The molecule has 204 valence electrons. The Morgan fingerprint density at radius 3 is 2.34 bits per heavy atom. The summed E-state index contributed by atoms with van der Waals surface area (Å²) in [4.78, 5) is 28.4. The van der Waals surface area contributed by atoms with E-state index in [1.54, 1.807) is 47.0 Å². The van der Waals surface area contributed by atoms with E-state index in [1.807, 2.05) is 18.6 Å². The van der Waals surface area contributed by atoms with E-state index in [1.165, 1.54) is 12.3 Å². The number of imidazole rings is 1. The summed E-state index contributed by atoms with van der Waals surface area (Å²) < 4.78 is 41.7. The number of nitrogens with zero attached hydrogens (tertiary/aromatic N) is 2. The number of urea groups is 1. The van der Waals surface area contributed by atoms with Crippen LogP contribution in [0.1, 0.15) is 55.0 Å². The summed E-state index contributed by atoms with van der Waals surface area (Å²) in [6, 6.07) is 12.6. The molecule has 2 amide bonds. The second-order valence-electron chi connectivity index (χ2n) is 8.69.